The lowest BCUT2D eigenvalue weighted by molar-refractivity contribution is -0.144. The molecule has 0 radical (unpaired) electrons. The molecule has 2 aromatic rings. The second kappa shape index (κ2) is 6.73. The lowest BCUT2D eigenvalue weighted by Gasteiger charge is -2.43. The molecule has 0 unspecified atom stereocenters. The summed E-state index contributed by atoms with van der Waals surface area (Å²) in [4.78, 5) is 14.6. The third-order valence-electron chi connectivity index (χ3n) is 4.58. The zero-order chi connectivity index (χ0) is 17.2. The molecule has 1 aromatic carbocycles. The van der Waals surface area contributed by atoms with Crippen LogP contribution in [0.5, 0.6) is 0 Å². The minimum atomic E-state index is -0.593. The van der Waals surface area contributed by atoms with Crippen molar-refractivity contribution in [3.63, 3.8) is 0 Å². The fourth-order valence-electron chi connectivity index (χ4n) is 3.09. The molecular weight excluding hydrogens is 309 g/mol. The second-order valence-corrected chi connectivity index (χ2v) is 6.45. The van der Waals surface area contributed by atoms with E-state index >= 15 is 0 Å². The zero-order valence-electron chi connectivity index (χ0n) is 14.0. The Kier molecular flexibility index (Phi) is 4.66. The molecule has 1 aliphatic rings. The molecule has 1 amide bonds. The average Bonchev–Trinajstić information content (AvgIpc) is 2.99. The van der Waals surface area contributed by atoms with Gasteiger partial charge >= 0.3 is 0 Å². The SMILES string of the molecule is CCc1cc(CN(C)C(=O)C2(Cc3ccccc3F)CNC2)on1. The van der Waals surface area contributed by atoms with Crippen LogP contribution in [0.25, 0.3) is 0 Å². The minimum absolute atomic E-state index is 0.000971. The molecule has 0 atom stereocenters. The quantitative estimate of drug-likeness (QED) is 0.881. The highest BCUT2D eigenvalue weighted by molar-refractivity contribution is 5.84. The highest BCUT2D eigenvalue weighted by Crippen LogP contribution is 2.31. The van der Waals surface area contributed by atoms with Gasteiger partial charge in [-0.2, -0.15) is 0 Å². The normalized spacial score (nSPS) is 15.8. The smallest absolute Gasteiger partial charge is 0.231 e. The Morgan fingerprint density at radius 2 is 2.17 bits per heavy atom. The van der Waals surface area contributed by atoms with Crippen molar-refractivity contribution in [1.29, 1.82) is 0 Å². The summed E-state index contributed by atoms with van der Waals surface area (Å²) < 4.78 is 19.2. The topological polar surface area (TPSA) is 58.4 Å². The highest BCUT2D eigenvalue weighted by Gasteiger charge is 2.46. The number of hydrogen-bond acceptors (Lipinski definition) is 4. The van der Waals surface area contributed by atoms with Crippen LogP contribution in [-0.2, 0) is 24.2 Å². The molecule has 3 rings (SSSR count). The van der Waals surface area contributed by atoms with Gasteiger partial charge in [-0.25, -0.2) is 4.39 Å². The molecule has 0 saturated carbocycles. The van der Waals surface area contributed by atoms with Crippen molar-refractivity contribution in [2.45, 2.75) is 26.3 Å². The lowest BCUT2D eigenvalue weighted by Crippen LogP contribution is -2.62. The number of benzene rings is 1. The number of carbonyl (C=O) groups is 1. The number of aryl methyl sites for hydroxylation is 1. The predicted octanol–water partition coefficient (Wildman–Crippen LogP) is 2.17. The van der Waals surface area contributed by atoms with E-state index in [2.05, 4.69) is 10.5 Å². The van der Waals surface area contributed by atoms with Crippen molar-refractivity contribution in [1.82, 2.24) is 15.4 Å². The van der Waals surface area contributed by atoms with Crippen molar-refractivity contribution in [2.75, 3.05) is 20.1 Å². The van der Waals surface area contributed by atoms with E-state index in [0.29, 0.717) is 37.4 Å². The van der Waals surface area contributed by atoms with E-state index in [1.165, 1.54) is 6.07 Å². The van der Waals surface area contributed by atoms with Crippen LogP contribution >= 0.6 is 0 Å². The van der Waals surface area contributed by atoms with Crippen LogP contribution < -0.4 is 5.32 Å². The molecule has 0 spiro atoms. The number of hydrogen-bond donors (Lipinski definition) is 1. The lowest BCUT2D eigenvalue weighted by atomic mass is 9.75. The summed E-state index contributed by atoms with van der Waals surface area (Å²) in [6, 6.07) is 8.50. The van der Waals surface area contributed by atoms with Gasteiger partial charge in [0.25, 0.3) is 0 Å². The summed E-state index contributed by atoms with van der Waals surface area (Å²) in [5.41, 5.74) is 0.857. The molecule has 5 nitrogen and oxygen atoms in total. The third kappa shape index (κ3) is 3.19. The van der Waals surface area contributed by atoms with Gasteiger partial charge in [-0.15, -0.1) is 0 Å². The van der Waals surface area contributed by atoms with Crippen LogP contribution in [0.1, 0.15) is 23.9 Å². The van der Waals surface area contributed by atoms with Crippen LogP contribution in [0, 0.1) is 11.2 Å². The molecule has 0 bridgehead atoms. The van der Waals surface area contributed by atoms with Gasteiger partial charge in [-0.3, -0.25) is 4.79 Å². The van der Waals surface area contributed by atoms with Crippen LogP contribution in [0.2, 0.25) is 0 Å². The molecule has 1 aliphatic heterocycles. The zero-order valence-corrected chi connectivity index (χ0v) is 14.0. The van der Waals surface area contributed by atoms with Gasteiger partial charge in [0.2, 0.25) is 5.91 Å². The fraction of sp³-hybridized carbons (Fsp3) is 0.444. The first-order chi connectivity index (χ1) is 11.5. The monoisotopic (exact) mass is 331 g/mol. The fourth-order valence-corrected chi connectivity index (χ4v) is 3.09. The predicted molar refractivity (Wildman–Crippen MR) is 87.8 cm³/mol. The van der Waals surface area contributed by atoms with Crippen LogP contribution in [0.3, 0.4) is 0 Å². The van der Waals surface area contributed by atoms with Gasteiger partial charge in [0, 0.05) is 26.2 Å². The Bertz CT molecular complexity index is 725. The van der Waals surface area contributed by atoms with E-state index in [1.807, 2.05) is 13.0 Å². The summed E-state index contributed by atoms with van der Waals surface area (Å²) in [5.74, 6) is 0.400. The van der Waals surface area contributed by atoms with Gasteiger partial charge in [0.05, 0.1) is 17.7 Å². The van der Waals surface area contributed by atoms with Crippen molar-refractivity contribution in [2.24, 2.45) is 5.41 Å². The number of rotatable bonds is 6. The van der Waals surface area contributed by atoms with Gasteiger partial charge in [-0.1, -0.05) is 30.3 Å². The van der Waals surface area contributed by atoms with Crippen molar-refractivity contribution in [3.8, 4) is 0 Å². The Labute approximate surface area is 140 Å². The maximum atomic E-state index is 14.0. The first-order valence-corrected chi connectivity index (χ1v) is 8.18. The highest BCUT2D eigenvalue weighted by atomic mass is 19.1. The standard InChI is InChI=1S/C18H22FN3O2/c1-3-14-8-15(24-21-14)10-22(2)17(23)18(11-20-12-18)9-13-6-4-5-7-16(13)19/h4-8,20H,3,9-12H2,1-2H3. The van der Waals surface area contributed by atoms with E-state index in [9.17, 15) is 9.18 Å². The molecule has 1 saturated heterocycles. The maximum absolute atomic E-state index is 14.0. The van der Waals surface area contributed by atoms with E-state index in [4.69, 9.17) is 4.52 Å². The van der Waals surface area contributed by atoms with Gasteiger partial charge < -0.3 is 14.7 Å². The summed E-state index contributed by atoms with van der Waals surface area (Å²) in [7, 11) is 1.75. The second-order valence-electron chi connectivity index (χ2n) is 6.45. The summed E-state index contributed by atoms with van der Waals surface area (Å²) in [6.07, 6.45) is 1.19. The van der Waals surface area contributed by atoms with Crippen molar-refractivity contribution < 1.29 is 13.7 Å². The Balaban J connectivity index is 1.72. The number of nitrogens with zero attached hydrogens (tertiary/aromatic N) is 2. The van der Waals surface area contributed by atoms with Crippen LogP contribution in [0.15, 0.2) is 34.9 Å². The van der Waals surface area contributed by atoms with Gasteiger partial charge in [0.1, 0.15) is 5.82 Å². The van der Waals surface area contributed by atoms with Gasteiger partial charge in [-0.05, 0) is 24.5 Å². The number of carbonyl (C=O) groups excluding carboxylic acids is 1. The molecule has 2 heterocycles. The minimum Gasteiger partial charge on any atom is -0.359 e. The molecular formula is C18H22FN3O2. The molecule has 1 fully saturated rings. The van der Waals surface area contributed by atoms with E-state index in [-0.39, 0.29) is 11.7 Å². The van der Waals surface area contributed by atoms with E-state index in [1.54, 1.807) is 30.1 Å². The summed E-state index contributed by atoms with van der Waals surface area (Å²) >= 11 is 0. The summed E-state index contributed by atoms with van der Waals surface area (Å²) in [6.45, 7) is 3.48. The number of aromatic nitrogens is 1. The largest absolute Gasteiger partial charge is 0.359 e. The van der Waals surface area contributed by atoms with E-state index < -0.39 is 5.41 Å². The Morgan fingerprint density at radius 1 is 1.42 bits per heavy atom. The molecule has 128 valence electrons. The Morgan fingerprint density at radius 3 is 2.75 bits per heavy atom. The number of nitrogens with one attached hydrogen (secondary N) is 1. The van der Waals surface area contributed by atoms with Crippen molar-refractivity contribution in [3.05, 3.63) is 53.2 Å². The third-order valence-corrected chi connectivity index (χ3v) is 4.58. The first-order valence-electron chi connectivity index (χ1n) is 8.18. The van der Waals surface area contributed by atoms with Crippen LogP contribution in [-0.4, -0.2) is 36.1 Å². The molecule has 6 heteroatoms. The molecule has 1 aromatic heterocycles. The molecule has 0 aliphatic carbocycles. The molecule has 1 N–H and O–H groups in total. The maximum Gasteiger partial charge on any atom is 0.231 e. The first kappa shape index (κ1) is 16.6. The van der Waals surface area contributed by atoms with Crippen LogP contribution in [0.4, 0.5) is 4.39 Å². The number of amides is 1. The van der Waals surface area contributed by atoms with Gasteiger partial charge in [0.15, 0.2) is 5.76 Å². The molecule has 24 heavy (non-hydrogen) atoms. The number of halogens is 1. The van der Waals surface area contributed by atoms with E-state index in [0.717, 1.165) is 12.1 Å². The average molecular weight is 331 g/mol. The van der Waals surface area contributed by atoms with Crippen molar-refractivity contribution >= 4 is 5.91 Å². The summed E-state index contributed by atoms with van der Waals surface area (Å²) in [5, 5.41) is 7.10. The Hall–Kier alpha value is -2.21.